The van der Waals surface area contributed by atoms with Crippen LogP contribution in [-0.4, -0.2) is 35.1 Å². The Hall–Kier alpha value is -1.42. The molecule has 0 aromatic heterocycles. The van der Waals surface area contributed by atoms with Crippen molar-refractivity contribution in [1.82, 2.24) is 4.90 Å². The molecule has 0 radical (unpaired) electrons. The maximum absolute atomic E-state index is 13.1. The van der Waals surface area contributed by atoms with Crippen molar-refractivity contribution in [3.05, 3.63) is 35.1 Å². The van der Waals surface area contributed by atoms with E-state index in [0.717, 1.165) is 5.56 Å². The van der Waals surface area contributed by atoms with E-state index in [1.54, 1.807) is 17.9 Å². The van der Waals surface area contributed by atoms with E-state index >= 15 is 0 Å². The van der Waals surface area contributed by atoms with Crippen LogP contribution in [0.4, 0.5) is 4.39 Å². The maximum Gasteiger partial charge on any atom is 0.254 e. The van der Waals surface area contributed by atoms with Crippen LogP contribution in [0.25, 0.3) is 0 Å². The van der Waals surface area contributed by atoms with Crippen LogP contribution in [0.15, 0.2) is 18.2 Å². The van der Waals surface area contributed by atoms with Crippen molar-refractivity contribution in [2.45, 2.75) is 25.9 Å². The number of likely N-dealkylation sites (tertiary alicyclic amines) is 1. The van der Waals surface area contributed by atoms with Crippen molar-refractivity contribution in [1.29, 1.82) is 0 Å². The number of aliphatic hydroxyl groups is 1. The van der Waals surface area contributed by atoms with Gasteiger partial charge in [0, 0.05) is 18.7 Å². The highest BCUT2D eigenvalue weighted by molar-refractivity contribution is 5.95. The molecule has 0 aliphatic carbocycles. The van der Waals surface area contributed by atoms with Gasteiger partial charge < -0.3 is 10.0 Å². The quantitative estimate of drug-likeness (QED) is 0.808. The highest BCUT2D eigenvalue weighted by Gasteiger charge is 2.23. The Morgan fingerprint density at radius 1 is 1.41 bits per heavy atom. The molecule has 1 aromatic rings. The number of benzene rings is 1. The number of rotatable bonds is 1. The second-order valence-corrected chi connectivity index (χ2v) is 4.48. The first kappa shape index (κ1) is 12.0. The second kappa shape index (κ2) is 4.84. The number of halogens is 1. The normalized spacial score (nSPS) is 17.2. The summed E-state index contributed by atoms with van der Waals surface area (Å²) in [6.07, 6.45) is 0.882. The Balaban J connectivity index is 2.16. The van der Waals surface area contributed by atoms with E-state index in [4.69, 9.17) is 0 Å². The summed E-state index contributed by atoms with van der Waals surface area (Å²) < 4.78 is 13.1. The Kier molecular flexibility index (Phi) is 3.43. The number of aryl methyl sites for hydroxylation is 1. The van der Waals surface area contributed by atoms with Crippen molar-refractivity contribution in [2.75, 3.05) is 13.1 Å². The molecular formula is C13H16FNO2. The number of amides is 1. The molecule has 1 aliphatic heterocycles. The molecule has 1 aromatic carbocycles. The van der Waals surface area contributed by atoms with Gasteiger partial charge in [-0.05, 0) is 37.5 Å². The van der Waals surface area contributed by atoms with Crippen molar-refractivity contribution in [2.24, 2.45) is 0 Å². The first-order valence-corrected chi connectivity index (χ1v) is 5.81. The Labute approximate surface area is 99.9 Å². The molecule has 0 atom stereocenters. The average molecular weight is 237 g/mol. The van der Waals surface area contributed by atoms with Gasteiger partial charge in [-0.1, -0.05) is 6.07 Å². The minimum atomic E-state index is -0.393. The number of carbonyl (C=O) groups excluding carboxylic acids is 1. The van der Waals surface area contributed by atoms with Crippen molar-refractivity contribution in [3.8, 4) is 0 Å². The van der Waals surface area contributed by atoms with E-state index in [2.05, 4.69) is 0 Å². The lowest BCUT2D eigenvalue weighted by atomic mass is 10.0. The zero-order chi connectivity index (χ0) is 12.4. The largest absolute Gasteiger partial charge is 0.393 e. The minimum Gasteiger partial charge on any atom is -0.393 e. The summed E-state index contributed by atoms with van der Waals surface area (Å²) in [6, 6.07) is 4.25. The average Bonchev–Trinajstić information content (AvgIpc) is 2.32. The molecule has 1 N–H and O–H groups in total. The number of hydrogen-bond acceptors (Lipinski definition) is 2. The SMILES string of the molecule is Cc1ccc(F)cc1C(=O)N1CCC(O)CC1. The number of hydrogen-bond donors (Lipinski definition) is 1. The van der Waals surface area contributed by atoms with Crippen molar-refractivity contribution in [3.63, 3.8) is 0 Å². The summed E-state index contributed by atoms with van der Waals surface area (Å²) >= 11 is 0. The Morgan fingerprint density at radius 2 is 2.06 bits per heavy atom. The van der Waals surface area contributed by atoms with Crippen LogP contribution in [0.1, 0.15) is 28.8 Å². The second-order valence-electron chi connectivity index (χ2n) is 4.48. The lowest BCUT2D eigenvalue weighted by molar-refractivity contribution is 0.0545. The van der Waals surface area contributed by atoms with E-state index in [9.17, 15) is 14.3 Å². The highest BCUT2D eigenvalue weighted by atomic mass is 19.1. The Morgan fingerprint density at radius 3 is 2.71 bits per heavy atom. The molecule has 0 spiro atoms. The zero-order valence-corrected chi connectivity index (χ0v) is 9.82. The molecule has 4 heteroatoms. The summed E-state index contributed by atoms with van der Waals surface area (Å²) in [5.74, 6) is -0.537. The third-order valence-electron chi connectivity index (χ3n) is 3.18. The predicted octanol–water partition coefficient (Wildman–Crippen LogP) is 1.73. The van der Waals surface area contributed by atoms with Crippen LogP contribution in [0.3, 0.4) is 0 Å². The van der Waals surface area contributed by atoms with E-state index in [-0.39, 0.29) is 12.0 Å². The van der Waals surface area contributed by atoms with Crippen LogP contribution >= 0.6 is 0 Å². The highest BCUT2D eigenvalue weighted by Crippen LogP contribution is 2.17. The van der Waals surface area contributed by atoms with E-state index in [1.807, 2.05) is 0 Å². The van der Waals surface area contributed by atoms with Gasteiger partial charge in [-0.25, -0.2) is 4.39 Å². The van der Waals surface area contributed by atoms with Gasteiger partial charge in [0.15, 0.2) is 0 Å². The van der Waals surface area contributed by atoms with E-state index < -0.39 is 5.82 Å². The van der Waals surface area contributed by atoms with Gasteiger partial charge in [0.2, 0.25) is 0 Å². The molecule has 1 aliphatic rings. The van der Waals surface area contributed by atoms with Gasteiger partial charge in [-0.2, -0.15) is 0 Å². The smallest absolute Gasteiger partial charge is 0.254 e. The van der Waals surface area contributed by atoms with Crippen molar-refractivity contribution < 1.29 is 14.3 Å². The topological polar surface area (TPSA) is 40.5 Å². The minimum absolute atomic E-state index is 0.145. The molecule has 1 saturated heterocycles. The van der Waals surface area contributed by atoms with E-state index in [1.165, 1.54) is 12.1 Å². The summed E-state index contributed by atoms with van der Waals surface area (Å²) in [6.45, 7) is 2.87. The molecule has 0 bridgehead atoms. The van der Waals surface area contributed by atoms with Crippen molar-refractivity contribution >= 4 is 5.91 Å². The summed E-state index contributed by atoms with van der Waals surface area (Å²) in [4.78, 5) is 13.8. The number of carbonyl (C=O) groups is 1. The molecule has 1 amide bonds. The molecule has 17 heavy (non-hydrogen) atoms. The summed E-state index contributed by atoms with van der Waals surface area (Å²) in [5, 5.41) is 9.38. The van der Waals surface area contributed by atoms with Gasteiger partial charge in [0.05, 0.1) is 6.10 Å². The first-order chi connectivity index (χ1) is 8.08. The fourth-order valence-corrected chi connectivity index (χ4v) is 2.06. The molecule has 1 fully saturated rings. The third-order valence-corrected chi connectivity index (χ3v) is 3.18. The summed E-state index contributed by atoms with van der Waals surface area (Å²) in [7, 11) is 0. The molecule has 2 rings (SSSR count). The third kappa shape index (κ3) is 2.64. The molecule has 1 heterocycles. The molecule has 3 nitrogen and oxygen atoms in total. The fourth-order valence-electron chi connectivity index (χ4n) is 2.06. The van der Waals surface area contributed by atoms with Crippen LogP contribution < -0.4 is 0 Å². The van der Waals surface area contributed by atoms with Crippen LogP contribution in [0.5, 0.6) is 0 Å². The van der Waals surface area contributed by atoms with E-state index in [0.29, 0.717) is 31.5 Å². The van der Waals surface area contributed by atoms with Gasteiger partial charge in [0.25, 0.3) is 5.91 Å². The van der Waals surface area contributed by atoms with Crippen LogP contribution in [-0.2, 0) is 0 Å². The number of piperidine rings is 1. The first-order valence-electron chi connectivity index (χ1n) is 5.81. The van der Waals surface area contributed by atoms with Crippen LogP contribution in [0.2, 0.25) is 0 Å². The molecule has 92 valence electrons. The lowest BCUT2D eigenvalue weighted by Gasteiger charge is -2.30. The van der Waals surface area contributed by atoms with Gasteiger partial charge in [0.1, 0.15) is 5.82 Å². The maximum atomic E-state index is 13.1. The molecular weight excluding hydrogens is 221 g/mol. The van der Waals surface area contributed by atoms with Gasteiger partial charge >= 0.3 is 0 Å². The van der Waals surface area contributed by atoms with Crippen LogP contribution in [0, 0.1) is 12.7 Å². The van der Waals surface area contributed by atoms with Gasteiger partial charge in [-0.3, -0.25) is 4.79 Å². The molecule has 0 saturated carbocycles. The Bertz CT molecular complexity index is 425. The zero-order valence-electron chi connectivity index (χ0n) is 9.82. The van der Waals surface area contributed by atoms with Gasteiger partial charge in [-0.15, -0.1) is 0 Å². The summed E-state index contributed by atoms with van der Waals surface area (Å²) in [5.41, 5.74) is 1.20. The standard InChI is InChI=1S/C13H16FNO2/c1-9-2-3-10(14)8-12(9)13(17)15-6-4-11(16)5-7-15/h2-3,8,11,16H,4-7H2,1H3. The predicted molar refractivity (Wildman–Crippen MR) is 62.3 cm³/mol. The monoisotopic (exact) mass is 237 g/mol. The molecule has 0 unspecified atom stereocenters. The lowest BCUT2D eigenvalue weighted by Crippen LogP contribution is -2.40. The number of aliphatic hydroxyl groups excluding tert-OH is 1. The fraction of sp³-hybridized carbons (Fsp3) is 0.462. The number of nitrogens with zero attached hydrogens (tertiary/aromatic N) is 1.